The molecule has 5 heteroatoms. The van der Waals surface area contributed by atoms with Gasteiger partial charge in [0.1, 0.15) is 11.7 Å². The molecule has 1 heterocycles. The summed E-state index contributed by atoms with van der Waals surface area (Å²) in [5, 5.41) is 15.1. The van der Waals surface area contributed by atoms with Gasteiger partial charge in [-0.3, -0.25) is 9.79 Å². The van der Waals surface area contributed by atoms with Gasteiger partial charge in [0.05, 0.1) is 17.1 Å². The Hall–Kier alpha value is -2.95. The predicted molar refractivity (Wildman–Crippen MR) is 86.8 cm³/mol. The van der Waals surface area contributed by atoms with Crippen molar-refractivity contribution in [3.63, 3.8) is 0 Å². The second-order valence-corrected chi connectivity index (χ2v) is 5.00. The molecule has 3 rings (SSSR count). The van der Waals surface area contributed by atoms with E-state index in [9.17, 15) is 9.90 Å². The van der Waals surface area contributed by atoms with Crippen LogP contribution < -0.4 is 5.01 Å². The van der Waals surface area contributed by atoms with Crippen molar-refractivity contribution in [2.75, 3.05) is 5.01 Å². The fourth-order valence-corrected chi connectivity index (χ4v) is 2.24. The zero-order valence-electron chi connectivity index (χ0n) is 12.0. The molecule has 0 saturated carbocycles. The summed E-state index contributed by atoms with van der Waals surface area (Å²) in [6.45, 7) is 1.81. The number of anilines is 1. The first-order valence-corrected chi connectivity index (χ1v) is 6.92. The van der Waals surface area contributed by atoms with Gasteiger partial charge in [0.15, 0.2) is 0 Å². The monoisotopic (exact) mass is 293 g/mol. The fourth-order valence-electron chi connectivity index (χ4n) is 2.24. The van der Waals surface area contributed by atoms with Crippen LogP contribution in [0.25, 0.3) is 0 Å². The van der Waals surface area contributed by atoms with Crippen molar-refractivity contribution < 1.29 is 9.90 Å². The Morgan fingerprint density at radius 1 is 1.18 bits per heavy atom. The van der Waals surface area contributed by atoms with Gasteiger partial charge in [-0.05, 0) is 31.2 Å². The maximum Gasteiger partial charge on any atom is 0.261 e. The van der Waals surface area contributed by atoms with E-state index in [-0.39, 0.29) is 11.7 Å². The summed E-state index contributed by atoms with van der Waals surface area (Å²) in [7, 11) is 0. The molecule has 1 amide bonds. The van der Waals surface area contributed by atoms with Crippen molar-refractivity contribution in [2.45, 2.75) is 6.92 Å². The number of phenolic OH excluding ortho intramolecular Hbond substituents is 1. The SMILES string of the molecule is CC1=NN(c2ccccc2)C(=O)[C@@H]1C=Nc1cccc(O)c1. The van der Waals surface area contributed by atoms with Gasteiger partial charge in [0, 0.05) is 12.3 Å². The molecule has 1 aliphatic rings. The predicted octanol–water partition coefficient (Wildman–Crippen LogP) is 3.13. The van der Waals surface area contributed by atoms with E-state index >= 15 is 0 Å². The van der Waals surface area contributed by atoms with E-state index in [2.05, 4.69) is 10.1 Å². The Balaban J connectivity index is 1.82. The molecule has 0 saturated heterocycles. The van der Waals surface area contributed by atoms with Crippen LogP contribution in [-0.2, 0) is 4.79 Å². The lowest BCUT2D eigenvalue weighted by atomic mass is 10.1. The summed E-state index contributed by atoms with van der Waals surface area (Å²) in [6.07, 6.45) is 1.57. The second kappa shape index (κ2) is 5.81. The third-order valence-electron chi connectivity index (χ3n) is 3.39. The highest BCUT2D eigenvalue weighted by Gasteiger charge is 2.33. The van der Waals surface area contributed by atoms with Gasteiger partial charge in [0.2, 0.25) is 0 Å². The summed E-state index contributed by atoms with van der Waals surface area (Å²) in [4.78, 5) is 16.7. The molecule has 0 unspecified atom stereocenters. The molecule has 110 valence electrons. The normalized spacial score (nSPS) is 18.0. The van der Waals surface area contributed by atoms with E-state index in [4.69, 9.17) is 0 Å². The molecule has 0 fully saturated rings. The first kappa shape index (κ1) is 14.0. The maximum absolute atomic E-state index is 12.5. The van der Waals surface area contributed by atoms with Crippen molar-refractivity contribution in [1.29, 1.82) is 0 Å². The molecule has 1 N–H and O–H groups in total. The van der Waals surface area contributed by atoms with Crippen LogP contribution in [0.15, 0.2) is 64.7 Å². The topological polar surface area (TPSA) is 65.3 Å². The van der Waals surface area contributed by atoms with Crippen molar-refractivity contribution in [2.24, 2.45) is 16.0 Å². The molecule has 1 aliphatic heterocycles. The summed E-state index contributed by atoms with van der Waals surface area (Å²) >= 11 is 0. The Morgan fingerprint density at radius 3 is 2.68 bits per heavy atom. The lowest BCUT2D eigenvalue weighted by Gasteiger charge is -2.12. The highest BCUT2D eigenvalue weighted by Crippen LogP contribution is 2.24. The number of rotatable bonds is 3. The highest BCUT2D eigenvalue weighted by molar-refractivity contribution is 6.23. The average Bonchev–Trinajstić information content (AvgIpc) is 2.81. The minimum Gasteiger partial charge on any atom is -0.508 e. The number of aliphatic imine (C=N–C) groups is 1. The van der Waals surface area contributed by atoms with Crippen LogP contribution in [0.5, 0.6) is 5.75 Å². The smallest absolute Gasteiger partial charge is 0.261 e. The van der Waals surface area contributed by atoms with Gasteiger partial charge < -0.3 is 5.11 Å². The number of nitrogens with zero attached hydrogens (tertiary/aromatic N) is 3. The number of hydrogen-bond donors (Lipinski definition) is 1. The van der Waals surface area contributed by atoms with Crippen LogP contribution in [0.3, 0.4) is 0 Å². The molecule has 1 atom stereocenters. The molecule has 0 radical (unpaired) electrons. The molecule has 0 aromatic heterocycles. The number of benzene rings is 2. The van der Waals surface area contributed by atoms with Gasteiger partial charge in [-0.1, -0.05) is 24.3 Å². The lowest BCUT2D eigenvalue weighted by molar-refractivity contribution is -0.118. The van der Waals surface area contributed by atoms with Crippen LogP contribution in [0.1, 0.15) is 6.92 Å². The molecular formula is C17H15N3O2. The Bertz CT molecular complexity index is 754. The van der Waals surface area contributed by atoms with E-state index in [1.165, 1.54) is 11.1 Å². The lowest BCUT2D eigenvalue weighted by Crippen LogP contribution is -2.27. The molecule has 22 heavy (non-hydrogen) atoms. The van der Waals surface area contributed by atoms with Crippen molar-refractivity contribution in [1.82, 2.24) is 0 Å². The number of carbonyl (C=O) groups excluding carboxylic acids is 1. The van der Waals surface area contributed by atoms with Crippen LogP contribution >= 0.6 is 0 Å². The third kappa shape index (κ3) is 2.74. The standard InChI is InChI=1S/C17H15N3O2/c1-12-16(11-18-13-6-5-9-15(21)10-13)17(22)20(19-12)14-7-3-2-4-8-14/h2-11,16,21H,1H3/t16-/m1/s1. The highest BCUT2D eigenvalue weighted by atomic mass is 16.3. The van der Waals surface area contributed by atoms with Crippen molar-refractivity contribution in [3.05, 3.63) is 54.6 Å². The summed E-state index contributed by atoms with van der Waals surface area (Å²) in [6, 6.07) is 15.9. The largest absolute Gasteiger partial charge is 0.508 e. The fraction of sp³-hybridized carbons (Fsp3) is 0.118. The molecule has 2 aromatic rings. The van der Waals surface area contributed by atoms with Crippen molar-refractivity contribution in [3.8, 4) is 5.75 Å². The van der Waals surface area contributed by atoms with Crippen molar-refractivity contribution >= 4 is 29.2 Å². The van der Waals surface area contributed by atoms with E-state index < -0.39 is 5.92 Å². The van der Waals surface area contributed by atoms with E-state index in [0.717, 1.165) is 5.69 Å². The molecule has 0 bridgehead atoms. The zero-order valence-corrected chi connectivity index (χ0v) is 12.0. The van der Waals surface area contributed by atoms with Gasteiger partial charge in [-0.2, -0.15) is 10.1 Å². The minimum absolute atomic E-state index is 0.132. The maximum atomic E-state index is 12.5. The average molecular weight is 293 g/mol. The van der Waals surface area contributed by atoms with E-state index in [1.807, 2.05) is 30.3 Å². The van der Waals surface area contributed by atoms with Gasteiger partial charge in [-0.25, -0.2) is 0 Å². The Labute approximate surface area is 128 Å². The summed E-state index contributed by atoms with van der Waals surface area (Å²) in [5.41, 5.74) is 2.02. The number of aromatic hydroxyl groups is 1. The van der Waals surface area contributed by atoms with Crippen LogP contribution in [0, 0.1) is 5.92 Å². The number of phenols is 1. The quantitative estimate of drug-likeness (QED) is 0.883. The van der Waals surface area contributed by atoms with Crippen LogP contribution in [0.4, 0.5) is 11.4 Å². The molecule has 2 aromatic carbocycles. The van der Waals surface area contributed by atoms with E-state index in [0.29, 0.717) is 11.4 Å². The number of para-hydroxylation sites is 1. The number of amides is 1. The Kier molecular flexibility index (Phi) is 3.70. The van der Waals surface area contributed by atoms with Gasteiger partial charge in [-0.15, -0.1) is 0 Å². The number of hydrazone groups is 1. The van der Waals surface area contributed by atoms with Gasteiger partial charge in [0.25, 0.3) is 5.91 Å². The second-order valence-electron chi connectivity index (χ2n) is 5.00. The zero-order chi connectivity index (χ0) is 15.5. The third-order valence-corrected chi connectivity index (χ3v) is 3.39. The minimum atomic E-state index is -0.484. The van der Waals surface area contributed by atoms with E-state index in [1.54, 1.807) is 31.3 Å². The first-order valence-electron chi connectivity index (χ1n) is 6.92. The number of hydrogen-bond acceptors (Lipinski definition) is 4. The number of carbonyl (C=O) groups is 1. The summed E-state index contributed by atoms with van der Waals surface area (Å²) < 4.78 is 0. The van der Waals surface area contributed by atoms with Crippen LogP contribution in [-0.4, -0.2) is 22.9 Å². The molecular weight excluding hydrogens is 278 g/mol. The molecule has 0 aliphatic carbocycles. The van der Waals surface area contributed by atoms with Crippen LogP contribution in [0.2, 0.25) is 0 Å². The van der Waals surface area contributed by atoms with Gasteiger partial charge >= 0.3 is 0 Å². The summed E-state index contributed by atoms with van der Waals surface area (Å²) in [5.74, 6) is -0.473. The molecule has 5 nitrogen and oxygen atoms in total. The molecule has 0 spiro atoms. The Morgan fingerprint density at radius 2 is 1.95 bits per heavy atom. The first-order chi connectivity index (χ1) is 10.6.